The van der Waals surface area contributed by atoms with Crippen molar-refractivity contribution in [2.45, 2.75) is 72.4 Å². The van der Waals surface area contributed by atoms with Crippen molar-refractivity contribution in [3.63, 3.8) is 0 Å². The first-order valence-corrected chi connectivity index (χ1v) is 10.7. The number of aliphatic hydroxyl groups excluding tert-OH is 1. The number of rotatable bonds is 13. The first-order valence-electron chi connectivity index (χ1n) is 9.93. The second kappa shape index (κ2) is 16.3. The second-order valence-corrected chi connectivity index (χ2v) is 7.34. The van der Waals surface area contributed by atoms with E-state index in [1.807, 2.05) is 52.1 Å². The fourth-order valence-electron chi connectivity index (χ4n) is 2.29. The molecule has 0 saturated carbocycles. The van der Waals surface area contributed by atoms with Crippen molar-refractivity contribution in [1.29, 1.82) is 0 Å². The second-order valence-electron chi connectivity index (χ2n) is 6.14. The Kier molecular flexibility index (Phi) is 15.3. The molecule has 0 spiro atoms. The van der Waals surface area contributed by atoms with Crippen LogP contribution in [0.5, 0.6) is 0 Å². The Labute approximate surface area is 173 Å². The van der Waals surface area contributed by atoms with Crippen molar-refractivity contribution >= 4 is 17.3 Å². The van der Waals surface area contributed by atoms with Gasteiger partial charge in [-0.25, -0.2) is 4.98 Å². The van der Waals surface area contributed by atoms with Gasteiger partial charge in [-0.2, -0.15) is 0 Å². The molecule has 1 rings (SSSR count). The third kappa shape index (κ3) is 12.6. The predicted molar refractivity (Wildman–Crippen MR) is 116 cm³/mol. The van der Waals surface area contributed by atoms with Crippen LogP contribution in [0.4, 0.5) is 0 Å². The molecule has 7 heteroatoms. The average molecular weight is 413 g/mol. The number of thiazole rings is 1. The Morgan fingerprint density at radius 3 is 2.71 bits per heavy atom. The van der Waals surface area contributed by atoms with Crippen LogP contribution in [0.25, 0.3) is 0 Å². The zero-order valence-electron chi connectivity index (χ0n) is 17.8. The van der Waals surface area contributed by atoms with Crippen LogP contribution in [-0.4, -0.2) is 46.5 Å². The number of hydrogen-bond donors (Lipinski definition) is 3. The monoisotopic (exact) mass is 412 g/mol. The lowest BCUT2D eigenvalue weighted by Crippen LogP contribution is -2.36. The van der Waals surface area contributed by atoms with E-state index in [2.05, 4.69) is 17.2 Å². The van der Waals surface area contributed by atoms with Crippen molar-refractivity contribution in [1.82, 2.24) is 10.3 Å². The largest absolute Gasteiger partial charge is 0.491 e. The van der Waals surface area contributed by atoms with Crippen molar-refractivity contribution in [2.75, 3.05) is 13.2 Å². The van der Waals surface area contributed by atoms with E-state index in [1.165, 1.54) is 0 Å². The lowest BCUT2D eigenvalue weighted by molar-refractivity contribution is -0.137. The van der Waals surface area contributed by atoms with Gasteiger partial charge in [0.25, 0.3) is 0 Å². The minimum atomic E-state index is -0.762. The lowest BCUT2D eigenvalue weighted by atomic mass is 10.2. The maximum atomic E-state index is 10.5. The Bertz CT molecular complexity index is 599. The number of aliphatic hydroxyl groups is 1. The Morgan fingerprint density at radius 1 is 1.39 bits per heavy atom. The number of hydrogen-bond acceptors (Lipinski definition) is 6. The standard InChI is InChI=1S/C19H30N2O4S.C2H6/c1-4-7-16(5-2)25-13-15(22)11-20-14(3)10-18-21-12-17(26-18)8-6-9-19(23)24;1-2/h4-5,7,12,14-15,20,22H,6,8-11,13H2,1-3H3,(H,23,24);1-2H3/b7-4-,16-5+;. The predicted octanol–water partition coefficient (Wildman–Crippen LogP) is 3.95. The summed E-state index contributed by atoms with van der Waals surface area (Å²) in [5.74, 6) is -0.0137. The van der Waals surface area contributed by atoms with Crippen LogP contribution < -0.4 is 5.32 Å². The number of carboxylic acids is 1. The van der Waals surface area contributed by atoms with Gasteiger partial charge in [-0.1, -0.05) is 19.9 Å². The molecule has 0 amide bonds. The molecule has 28 heavy (non-hydrogen) atoms. The van der Waals surface area contributed by atoms with E-state index >= 15 is 0 Å². The van der Waals surface area contributed by atoms with E-state index in [1.54, 1.807) is 11.3 Å². The van der Waals surface area contributed by atoms with Gasteiger partial charge in [0.2, 0.25) is 0 Å². The minimum Gasteiger partial charge on any atom is -0.491 e. The van der Waals surface area contributed by atoms with Crippen LogP contribution in [-0.2, 0) is 22.4 Å². The van der Waals surface area contributed by atoms with Gasteiger partial charge in [0.05, 0.1) is 5.01 Å². The average Bonchev–Trinajstić information content (AvgIpc) is 3.11. The fourth-order valence-corrected chi connectivity index (χ4v) is 3.38. The van der Waals surface area contributed by atoms with E-state index in [0.717, 1.165) is 28.5 Å². The molecule has 0 aliphatic heterocycles. The summed E-state index contributed by atoms with van der Waals surface area (Å²) in [5.41, 5.74) is 0. The van der Waals surface area contributed by atoms with E-state index < -0.39 is 12.1 Å². The van der Waals surface area contributed by atoms with Crippen molar-refractivity contribution in [2.24, 2.45) is 0 Å². The minimum absolute atomic E-state index is 0.180. The smallest absolute Gasteiger partial charge is 0.303 e. The number of ether oxygens (including phenoxy) is 1. The van der Waals surface area contributed by atoms with Crippen LogP contribution in [0, 0.1) is 0 Å². The number of carboxylic acid groups (broad SMARTS) is 1. The van der Waals surface area contributed by atoms with Crippen molar-refractivity contribution in [3.05, 3.63) is 40.1 Å². The quantitative estimate of drug-likeness (QED) is 0.336. The summed E-state index contributed by atoms with van der Waals surface area (Å²) in [6.45, 7) is 10.6. The normalized spacial score (nSPS) is 13.7. The van der Waals surface area contributed by atoms with Crippen LogP contribution in [0.15, 0.2) is 30.2 Å². The van der Waals surface area contributed by atoms with E-state index in [0.29, 0.717) is 13.0 Å². The Hall–Kier alpha value is -1.70. The Balaban J connectivity index is 0.00000352. The summed E-state index contributed by atoms with van der Waals surface area (Å²) in [6.07, 6.45) is 9.21. The zero-order chi connectivity index (χ0) is 21.4. The maximum absolute atomic E-state index is 10.5. The third-order valence-corrected chi connectivity index (χ3v) is 4.74. The molecule has 2 atom stereocenters. The molecule has 1 aromatic rings. The fraction of sp³-hybridized carbons (Fsp3) is 0.619. The summed E-state index contributed by atoms with van der Waals surface area (Å²) >= 11 is 1.62. The van der Waals surface area contributed by atoms with E-state index in [9.17, 15) is 9.90 Å². The summed E-state index contributed by atoms with van der Waals surface area (Å²) in [6, 6.07) is 0.180. The highest BCUT2D eigenvalue weighted by atomic mass is 32.1. The van der Waals surface area contributed by atoms with Gasteiger partial charge in [0.15, 0.2) is 0 Å². The maximum Gasteiger partial charge on any atom is 0.303 e. The third-order valence-electron chi connectivity index (χ3n) is 3.66. The molecule has 0 aliphatic carbocycles. The zero-order valence-corrected chi connectivity index (χ0v) is 18.6. The number of allylic oxidation sites excluding steroid dienone is 3. The van der Waals surface area contributed by atoms with Crippen molar-refractivity contribution in [3.8, 4) is 0 Å². The van der Waals surface area contributed by atoms with Crippen LogP contribution >= 0.6 is 11.3 Å². The van der Waals surface area contributed by atoms with Gasteiger partial charge in [-0.3, -0.25) is 4.79 Å². The number of aryl methyl sites for hydroxylation is 1. The van der Waals surface area contributed by atoms with Gasteiger partial charge >= 0.3 is 5.97 Å². The lowest BCUT2D eigenvalue weighted by Gasteiger charge is -2.17. The first-order chi connectivity index (χ1) is 13.4. The SMILES string of the molecule is C/C=C\C(=C/C)OCC(O)CNC(C)Cc1ncc(CCCC(=O)O)s1.CC. The molecule has 1 aromatic heterocycles. The summed E-state index contributed by atoms with van der Waals surface area (Å²) in [4.78, 5) is 16.1. The van der Waals surface area contributed by atoms with Crippen LogP contribution in [0.2, 0.25) is 0 Å². The van der Waals surface area contributed by atoms with Gasteiger partial charge in [0, 0.05) is 36.5 Å². The summed E-state index contributed by atoms with van der Waals surface area (Å²) in [5, 5.41) is 23.0. The highest BCUT2D eigenvalue weighted by Gasteiger charge is 2.11. The van der Waals surface area contributed by atoms with Gasteiger partial charge < -0.3 is 20.3 Å². The molecular weight excluding hydrogens is 376 g/mol. The molecule has 6 nitrogen and oxygen atoms in total. The molecule has 0 fully saturated rings. The van der Waals surface area contributed by atoms with Crippen LogP contribution in [0.1, 0.15) is 57.3 Å². The van der Waals surface area contributed by atoms with Crippen LogP contribution in [0.3, 0.4) is 0 Å². The van der Waals surface area contributed by atoms with Gasteiger partial charge in [-0.05, 0) is 45.8 Å². The molecule has 0 bridgehead atoms. The number of aromatic nitrogens is 1. The number of carbonyl (C=O) groups is 1. The molecule has 0 aromatic carbocycles. The van der Waals surface area contributed by atoms with Gasteiger partial charge in [-0.15, -0.1) is 11.3 Å². The number of aliphatic carboxylic acids is 1. The summed E-state index contributed by atoms with van der Waals surface area (Å²) < 4.78 is 5.53. The first kappa shape index (κ1) is 26.3. The van der Waals surface area contributed by atoms with Gasteiger partial charge in [0.1, 0.15) is 18.5 Å². The van der Waals surface area contributed by atoms with E-state index in [4.69, 9.17) is 9.84 Å². The molecule has 0 radical (unpaired) electrons. The molecular formula is C21H36N2O4S. The summed E-state index contributed by atoms with van der Waals surface area (Å²) in [7, 11) is 0. The molecule has 0 saturated heterocycles. The number of nitrogens with zero attached hydrogens (tertiary/aromatic N) is 1. The topological polar surface area (TPSA) is 91.7 Å². The molecule has 1 heterocycles. The molecule has 2 unspecified atom stereocenters. The van der Waals surface area contributed by atoms with E-state index in [-0.39, 0.29) is 19.1 Å². The number of nitrogens with one attached hydrogen (secondary N) is 1. The Morgan fingerprint density at radius 2 is 2.11 bits per heavy atom. The molecule has 160 valence electrons. The highest BCUT2D eigenvalue weighted by molar-refractivity contribution is 7.11. The highest BCUT2D eigenvalue weighted by Crippen LogP contribution is 2.17. The van der Waals surface area contributed by atoms with Crippen molar-refractivity contribution < 1.29 is 19.7 Å². The molecule has 0 aliphatic rings. The molecule has 3 N–H and O–H groups in total.